The van der Waals surface area contributed by atoms with E-state index in [2.05, 4.69) is 20.4 Å². The molecule has 0 spiro atoms. The minimum Gasteiger partial charge on any atom is -0.477 e. The fraction of sp³-hybridized carbons (Fsp3) is 0.294. The van der Waals surface area contributed by atoms with Crippen molar-refractivity contribution in [3.63, 3.8) is 0 Å². The number of hydrogen-bond donors (Lipinski definition) is 3. The van der Waals surface area contributed by atoms with E-state index in [1.54, 1.807) is 5.38 Å². The molecule has 2 aliphatic rings. The normalized spacial score (nSPS) is 20.5. The molecule has 0 saturated carbocycles. The lowest BCUT2D eigenvalue weighted by Crippen LogP contribution is -2.70. The first-order valence-corrected chi connectivity index (χ1v) is 11.7. The molecule has 4 N–H and O–H groups in total. The summed E-state index contributed by atoms with van der Waals surface area (Å²) in [4.78, 5) is 51.5. The molecule has 4 rings (SSSR count). The van der Waals surface area contributed by atoms with Crippen LogP contribution >= 0.6 is 34.4 Å². The molecular formula is C17H16N6O5S3. The van der Waals surface area contributed by atoms with Gasteiger partial charge in [-0.3, -0.25) is 14.5 Å². The Hall–Kier alpha value is -2.97. The molecule has 0 aliphatic carbocycles. The molecule has 14 heteroatoms. The summed E-state index contributed by atoms with van der Waals surface area (Å²) in [5, 5.41) is 19.8. The van der Waals surface area contributed by atoms with Crippen molar-refractivity contribution in [2.24, 2.45) is 5.16 Å². The number of aliphatic carboxylic acids is 1. The minimum atomic E-state index is -1.19. The fourth-order valence-electron chi connectivity index (χ4n) is 2.99. The maximum atomic E-state index is 12.9. The zero-order valence-corrected chi connectivity index (χ0v) is 18.4. The first kappa shape index (κ1) is 21.3. The van der Waals surface area contributed by atoms with E-state index in [4.69, 9.17) is 10.6 Å². The number of amides is 2. The SMILES string of the molecule is Cc1nc(CON=C(C(=O)NC2C(=O)N3C(C(=O)O)=CCS[C@H]23)c2csc(N)n2)cs1. The Morgan fingerprint density at radius 3 is 2.84 bits per heavy atom. The number of thiazole rings is 2. The number of oxime groups is 1. The van der Waals surface area contributed by atoms with E-state index < -0.39 is 29.2 Å². The van der Waals surface area contributed by atoms with Gasteiger partial charge in [0.05, 0.1) is 10.7 Å². The molecule has 2 amide bonds. The van der Waals surface area contributed by atoms with Crippen molar-refractivity contribution in [2.75, 3.05) is 11.5 Å². The minimum absolute atomic E-state index is 0.0577. The van der Waals surface area contributed by atoms with E-state index in [0.717, 1.165) is 16.3 Å². The van der Waals surface area contributed by atoms with Gasteiger partial charge in [-0.1, -0.05) is 5.16 Å². The second kappa shape index (κ2) is 8.64. The highest BCUT2D eigenvalue weighted by molar-refractivity contribution is 8.00. The number of carbonyl (C=O) groups is 3. The summed E-state index contributed by atoms with van der Waals surface area (Å²) in [7, 11) is 0. The molecule has 2 aromatic rings. The second-order valence-corrected chi connectivity index (χ2v) is 9.52. The highest BCUT2D eigenvalue weighted by Crippen LogP contribution is 2.37. The average Bonchev–Trinajstić information content (AvgIpc) is 3.36. The van der Waals surface area contributed by atoms with E-state index in [-0.39, 0.29) is 28.8 Å². The second-order valence-electron chi connectivity index (χ2n) is 6.42. The smallest absolute Gasteiger partial charge is 0.352 e. The zero-order chi connectivity index (χ0) is 22.1. The maximum absolute atomic E-state index is 12.9. The number of aryl methyl sites for hydroxylation is 1. The molecule has 0 radical (unpaired) electrons. The Morgan fingerprint density at radius 1 is 1.39 bits per heavy atom. The number of β-lactam (4-membered cyclic amide) rings is 1. The van der Waals surface area contributed by atoms with Gasteiger partial charge in [-0.15, -0.1) is 34.4 Å². The third-order valence-electron chi connectivity index (χ3n) is 4.37. The molecule has 162 valence electrons. The Bertz CT molecular complexity index is 1110. The van der Waals surface area contributed by atoms with Gasteiger partial charge in [0.2, 0.25) is 0 Å². The van der Waals surface area contributed by atoms with Crippen molar-refractivity contribution in [1.29, 1.82) is 0 Å². The average molecular weight is 481 g/mol. The van der Waals surface area contributed by atoms with Crippen LogP contribution in [0.4, 0.5) is 5.13 Å². The highest BCUT2D eigenvalue weighted by atomic mass is 32.2. The monoisotopic (exact) mass is 480 g/mol. The third kappa shape index (κ3) is 4.26. The van der Waals surface area contributed by atoms with Crippen LogP contribution in [0.1, 0.15) is 16.4 Å². The number of hydrogen-bond acceptors (Lipinski definition) is 11. The predicted molar refractivity (Wildman–Crippen MR) is 115 cm³/mol. The summed E-state index contributed by atoms with van der Waals surface area (Å²) in [6.45, 7) is 1.92. The van der Waals surface area contributed by atoms with Crippen LogP contribution in [-0.4, -0.2) is 60.6 Å². The number of nitrogen functional groups attached to an aromatic ring is 1. The molecule has 0 aromatic carbocycles. The van der Waals surface area contributed by atoms with Gasteiger partial charge in [0.15, 0.2) is 17.5 Å². The van der Waals surface area contributed by atoms with Crippen LogP contribution in [0.15, 0.2) is 27.7 Å². The van der Waals surface area contributed by atoms with Gasteiger partial charge in [0.1, 0.15) is 22.8 Å². The van der Waals surface area contributed by atoms with E-state index >= 15 is 0 Å². The number of thioether (sulfide) groups is 1. The Balaban J connectivity index is 1.49. The van der Waals surface area contributed by atoms with Crippen molar-refractivity contribution in [3.05, 3.63) is 38.9 Å². The molecule has 0 bridgehead atoms. The van der Waals surface area contributed by atoms with Gasteiger partial charge in [-0.25, -0.2) is 14.8 Å². The highest BCUT2D eigenvalue weighted by Gasteiger charge is 2.53. The molecule has 2 aliphatic heterocycles. The van der Waals surface area contributed by atoms with Crippen molar-refractivity contribution >= 4 is 63.1 Å². The summed E-state index contributed by atoms with van der Waals surface area (Å²) in [6, 6.07) is -0.886. The Labute approximate surface area is 188 Å². The van der Waals surface area contributed by atoms with E-state index in [1.165, 1.54) is 34.1 Å². The number of rotatable bonds is 7. The number of nitrogens with zero attached hydrogens (tertiary/aromatic N) is 4. The number of aromatic nitrogens is 2. The first-order valence-electron chi connectivity index (χ1n) is 8.86. The lowest BCUT2D eigenvalue weighted by molar-refractivity contribution is -0.150. The lowest BCUT2D eigenvalue weighted by atomic mass is 10.0. The van der Waals surface area contributed by atoms with Crippen molar-refractivity contribution in [1.82, 2.24) is 20.2 Å². The number of carboxylic acids is 1. The van der Waals surface area contributed by atoms with Crippen LogP contribution in [0.3, 0.4) is 0 Å². The summed E-state index contributed by atoms with van der Waals surface area (Å²) >= 11 is 3.95. The first-order chi connectivity index (χ1) is 14.8. The van der Waals surface area contributed by atoms with Gasteiger partial charge < -0.3 is 21.0 Å². The lowest BCUT2D eigenvalue weighted by Gasteiger charge is -2.48. The summed E-state index contributed by atoms with van der Waals surface area (Å²) < 4.78 is 0. The van der Waals surface area contributed by atoms with Crippen LogP contribution in [0, 0.1) is 6.92 Å². The van der Waals surface area contributed by atoms with Gasteiger partial charge >= 0.3 is 5.97 Å². The van der Waals surface area contributed by atoms with Gasteiger partial charge in [-0.2, -0.15) is 0 Å². The van der Waals surface area contributed by atoms with Crippen molar-refractivity contribution in [2.45, 2.75) is 24.9 Å². The van der Waals surface area contributed by atoms with Gasteiger partial charge in [-0.05, 0) is 13.0 Å². The molecule has 31 heavy (non-hydrogen) atoms. The number of fused-ring (bicyclic) bond motifs is 1. The number of nitrogens with one attached hydrogen (secondary N) is 1. The molecule has 1 saturated heterocycles. The predicted octanol–water partition coefficient (Wildman–Crippen LogP) is 0.780. The van der Waals surface area contributed by atoms with E-state index in [1.807, 2.05) is 12.3 Å². The summed E-state index contributed by atoms with van der Waals surface area (Å²) in [5.41, 5.74) is 6.33. The fourth-order valence-corrected chi connectivity index (χ4v) is 5.33. The third-order valence-corrected chi connectivity index (χ3v) is 7.05. The quantitative estimate of drug-likeness (QED) is 0.295. The number of carboxylic acid groups (broad SMARTS) is 1. The van der Waals surface area contributed by atoms with Gasteiger partial charge in [0.25, 0.3) is 11.8 Å². The van der Waals surface area contributed by atoms with Crippen LogP contribution in [0.5, 0.6) is 0 Å². The molecule has 1 fully saturated rings. The van der Waals surface area contributed by atoms with Crippen LogP contribution < -0.4 is 11.1 Å². The van der Waals surface area contributed by atoms with E-state index in [0.29, 0.717) is 11.4 Å². The van der Waals surface area contributed by atoms with E-state index in [9.17, 15) is 19.5 Å². The Morgan fingerprint density at radius 2 is 2.19 bits per heavy atom. The maximum Gasteiger partial charge on any atom is 0.352 e. The Kier molecular flexibility index (Phi) is 5.93. The van der Waals surface area contributed by atoms with Crippen molar-refractivity contribution < 1.29 is 24.3 Å². The molecule has 4 heterocycles. The van der Waals surface area contributed by atoms with Crippen LogP contribution in [0.2, 0.25) is 0 Å². The molecule has 1 unspecified atom stereocenters. The van der Waals surface area contributed by atoms with Crippen LogP contribution in [0.25, 0.3) is 0 Å². The van der Waals surface area contributed by atoms with Gasteiger partial charge in [0, 0.05) is 16.5 Å². The molecular weight excluding hydrogens is 464 g/mol. The molecule has 2 aromatic heterocycles. The summed E-state index contributed by atoms with van der Waals surface area (Å²) in [6.07, 6.45) is 1.47. The number of nitrogens with two attached hydrogens (primary N) is 1. The zero-order valence-electron chi connectivity index (χ0n) is 16.0. The standard InChI is InChI=1S/C17H16N6O5S3/c1-7-19-8(5-30-7)4-28-22-11(9-6-31-17(18)20-9)13(24)21-12-14(25)23-10(16(26)27)2-3-29-15(12)23/h2,5-6,12,15H,3-4H2,1H3,(H2,18,20)(H,21,24)(H,26,27)/t12?,15-/m1/s1. The van der Waals surface area contributed by atoms with Crippen LogP contribution in [-0.2, 0) is 25.8 Å². The number of anilines is 1. The van der Waals surface area contributed by atoms with Crippen molar-refractivity contribution in [3.8, 4) is 0 Å². The topological polar surface area (TPSA) is 160 Å². The molecule has 11 nitrogen and oxygen atoms in total. The largest absolute Gasteiger partial charge is 0.477 e. The molecule has 2 atom stereocenters. The summed E-state index contributed by atoms with van der Waals surface area (Å²) in [5.74, 6) is -1.95. The number of carbonyl (C=O) groups excluding carboxylic acids is 2.